The van der Waals surface area contributed by atoms with Crippen LogP contribution in [0.5, 0.6) is 0 Å². The Morgan fingerprint density at radius 3 is 0.892 bits per heavy atom. The number of nitrogens with one attached hydrogen (secondary N) is 3. The lowest BCUT2D eigenvalue weighted by Gasteiger charge is -2.36. The Kier molecular flexibility index (Phi) is 43.8. The molecule has 3 unspecified atom stereocenters. The van der Waals surface area contributed by atoms with E-state index in [0.29, 0.717) is 56.4 Å². The molecule has 6 saturated carbocycles. The predicted molar refractivity (Wildman–Crippen MR) is 358 cm³/mol. The number of rotatable bonds is 33. The third-order valence-electron chi connectivity index (χ3n) is 19.4. The van der Waals surface area contributed by atoms with Gasteiger partial charge >= 0.3 is 35.8 Å². The Bertz CT molecular complexity index is 2020. The van der Waals surface area contributed by atoms with Gasteiger partial charge in [-0.25, -0.2) is 9.59 Å². The lowest BCUT2D eigenvalue weighted by atomic mass is 9.75. The first kappa shape index (κ1) is 82.8. The van der Waals surface area contributed by atoms with Gasteiger partial charge in [0.05, 0.1) is 58.5 Å². The van der Waals surface area contributed by atoms with E-state index in [2.05, 4.69) is 25.4 Å². The van der Waals surface area contributed by atoms with E-state index in [-0.39, 0.29) is 87.3 Å². The number of carbonyl (C=O) groups is 8. The molecule has 3 atom stereocenters. The molecular weight excluding hydrogens is 1190 g/mol. The van der Waals surface area contributed by atoms with E-state index in [9.17, 15) is 38.4 Å². The molecule has 0 saturated heterocycles. The number of nitrogens with two attached hydrogens (primary N) is 3. The van der Waals surface area contributed by atoms with Crippen LogP contribution in [0.2, 0.25) is 0 Å². The molecule has 93 heavy (non-hydrogen) atoms. The van der Waals surface area contributed by atoms with Crippen LogP contribution in [0.15, 0.2) is 12.2 Å². The Hall–Kier alpha value is -4.42. The number of hydrogen-bond donors (Lipinski definition) is 6. The smallest absolute Gasteiger partial charge is 0.330 e. The summed E-state index contributed by atoms with van der Waals surface area (Å²) in [5.41, 5.74) is 17.9. The number of ketones is 2. The number of carbonyl (C=O) groups excluding carboxylic acids is 8. The molecule has 0 aromatic heterocycles. The summed E-state index contributed by atoms with van der Waals surface area (Å²) in [6.45, 7) is 12.3. The summed E-state index contributed by atoms with van der Waals surface area (Å²) in [6, 6.07) is 0.295. The molecule has 6 aliphatic rings. The van der Waals surface area contributed by atoms with Gasteiger partial charge in [-0.05, 0) is 250 Å². The maximum absolute atomic E-state index is 12.5. The molecule has 6 rings (SSSR count). The average molecular weight is 1320 g/mol. The van der Waals surface area contributed by atoms with E-state index in [4.69, 9.17) is 45.6 Å². The molecule has 0 aliphatic heterocycles. The zero-order valence-corrected chi connectivity index (χ0v) is 58.4. The lowest BCUT2D eigenvalue weighted by Crippen LogP contribution is -2.47. The third-order valence-corrected chi connectivity index (χ3v) is 19.4. The van der Waals surface area contributed by atoms with Gasteiger partial charge in [-0.2, -0.15) is 0 Å². The molecule has 22 heteroatoms. The molecule has 6 aliphatic carbocycles. The van der Waals surface area contributed by atoms with Crippen LogP contribution in [-0.2, 0) is 76.3 Å². The molecule has 0 bridgehead atoms. The first-order valence-electron chi connectivity index (χ1n) is 36.0. The van der Waals surface area contributed by atoms with Crippen molar-refractivity contribution in [2.75, 3.05) is 67.1 Å². The van der Waals surface area contributed by atoms with Crippen LogP contribution in [-0.4, -0.2) is 169 Å². The van der Waals surface area contributed by atoms with E-state index < -0.39 is 42.0 Å². The first-order chi connectivity index (χ1) is 44.7. The summed E-state index contributed by atoms with van der Waals surface area (Å²) < 4.78 is 39.4. The summed E-state index contributed by atoms with van der Waals surface area (Å²) in [4.78, 5) is 94.2. The zero-order valence-electron chi connectivity index (χ0n) is 58.4. The fraction of sp³-hybridized carbons (Fsp3) is 0.859. The van der Waals surface area contributed by atoms with E-state index in [1.807, 2.05) is 0 Å². The first-order valence-corrected chi connectivity index (χ1v) is 36.0. The molecule has 6 fully saturated rings. The van der Waals surface area contributed by atoms with Gasteiger partial charge in [-0.15, -0.1) is 0 Å². The van der Waals surface area contributed by atoms with Crippen molar-refractivity contribution >= 4 is 47.4 Å². The zero-order chi connectivity index (χ0) is 68.3. The second kappa shape index (κ2) is 49.1. The highest BCUT2D eigenvalue weighted by atomic mass is 16.6. The topological polar surface area (TPSA) is 325 Å². The fourth-order valence-electron chi connectivity index (χ4n) is 14.4. The van der Waals surface area contributed by atoms with Crippen LogP contribution in [0, 0.1) is 35.5 Å². The summed E-state index contributed by atoms with van der Waals surface area (Å²) in [5.74, 6) is 2.15. The Morgan fingerprint density at radius 1 is 0.355 bits per heavy atom. The quantitative estimate of drug-likeness (QED) is 0.0203. The van der Waals surface area contributed by atoms with Gasteiger partial charge in [-0.3, -0.25) is 28.8 Å². The minimum Gasteiger partial charge on any atom is -0.466 e. The third kappa shape index (κ3) is 36.5. The summed E-state index contributed by atoms with van der Waals surface area (Å²) in [7, 11) is 2.97. The Balaban J connectivity index is 0.000000358. The van der Waals surface area contributed by atoms with Gasteiger partial charge in [0, 0.05) is 69.0 Å². The normalized spacial score (nSPS) is 27.3. The molecule has 0 amide bonds. The molecule has 0 aromatic rings. The minimum absolute atomic E-state index is 0.00579. The fourth-order valence-corrected chi connectivity index (χ4v) is 14.4. The van der Waals surface area contributed by atoms with E-state index >= 15 is 0 Å². The van der Waals surface area contributed by atoms with Crippen molar-refractivity contribution in [2.24, 2.45) is 52.7 Å². The van der Waals surface area contributed by atoms with Gasteiger partial charge in [-0.1, -0.05) is 0 Å². The van der Waals surface area contributed by atoms with Crippen LogP contribution in [0.25, 0.3) is 0 Å². The number of ether oxygens (including phenoxy) is 8. The lowest BCUT2D eigenvalue weighted by molar-refractivity contribution is -0.152. The maximum Gasteiger partial charge on any atom is 0.330 e. The van der Waals surface area contributed by atoms with Crippen LogP contribution >= 0.6 is 0 Å². The standard InChI is InChI=1S/C29H50N2O8.C21H38N2O4.C13H26N2.C8H12O4/c1-5-38-28(34)17-26(29(35)39-6-2)31-23-13-9-21(10-14-23)15-20-7-11-22(12-8-20)30-25(27(33)19-37-4)16-24(32)18-36-3;1-3-26-20(24)14-19(21(25)27-4-2)23-18-11-7-16(8-12-18)13-15-5-9-17(22)10-6-15;14-12-5-1-10(2-6-12)9-11-3-7-13(15)8-4-11;1-3-11-7(9)5-6-8(10)12-4-2/h20-23,25-26,30-31H,5-19H2,1-4H3;15-19,23H,3-14,22H2,1-2H3;10-13H,1-9,14-15H2;5-6H,3-4H2,1-2H3/b;;;6-5-. The molecular formula is C71H126N6O16. The number of Topliss-reactive ketones (excluding diaryl/α,β-unsaturated/α-hetero) is 2. The van der Waals surface area contributed by atoms with Crippen LogP contribution in [0.1, 0.15) is 234 Å². The van der Waals surface area contributed by atoms with Crippen molar-refractivity contribution in [3.63, 3.8) is 0 Å². The molecule has 536 valence electrons. The second-order valence-electron chi connectivity index (χ2n) is 26.8. The van der Waals surface area contributed by atoms with Crippen molar-refractivity contribution in [2.45, 2.75) is 289 Å². The van der Waals surface area contributed by atoms with Crippen molar-refractivity contribution in [1.82, 2.24) is 16.0 Å². The molecule has 0 spiro atoms. The highest BCUT2D eigenvalue weighted by Gasteiger charge is 2.34. The minimum atomic E-state index is -0.669. The van der Waals surface area contributed by atoms with Crippen LogP contribution < -0.4 is 33.2 Å². The summed E-state index contributed by atoms with van der Waals surface area (Å²) in [6.07, 6.45) is 34.5. The molecule has 22 nitrogen and oxygen atoms in total. The maximum atomic E-state index is 12.5. The molecule has 0 heterocycles. The van der Waals surface area contributed by atoms with E-state index in [0.717, 1.165) is 100 Å². The van der Waals surface area contributed by atoms with Gasteiger partial charge in [0.25, 0.3) is 0 Å². The predicted octanol–water partition coefficient (Wildman–Crippen LogP) is 8.76. The largest absolute Gasteiger partial charge is 0.466 e. The summed E-state index contributed by atoms with van der Waals surface area (Å²) in [5, 5.41) is 10.2. The number of hydrogen-bond acceptors (Lipinski definition) is 22. The number of esters is 6. The molecule has 9 N–H and O–H groups in total. The van der Waals surface area contributed by atoms with Crippen molar-refractivity contribution in [3.05, 3.63) is 12.2 Å². The van der Waals surface area contributed by atoms with Crippen LogP contribution in [0.3, 0.4) is 0 Å². The number of methoxy groups -OCH3 is 2. The molecule has 0 aromatic carbocycles. The van der Waals surface area contributed by atoms with Crippen molar-refractivity contribution < 1.29 is 76.3 Å². The average Bonchev–Trinajstić information content (AvgIpc) is 2.82. The van der Waals surface area contributed by atoms with Gasteiger partial charge in [0.15, 0.2) is 11.6 Å². The Labute approximate surface area is 557 Å². The van der Waals surface area contributed by atoms with Crippen molar-refractivity contribution in [3.8, 4) is 0 Å². The van der Waals surface area contributed by atoms with Crippen molar-refractivity contribution in [1.29, 1.82) is 0 Å². The highest BCUT2D eigenvalue weighted by molar-refractivity contribution is 5.92. The highest BCUT2D eigenvalue weighted by Crippen LogP contribution is 2.38. The summed E-state index contributed by atoms with van der Waals surface area (Å²) >= 11 is 0. The second-order valence-corrected chi connectivity index (χ2v) is 26.8. The SMILES string of the molecule is CCOC(=O)/C=C\C(=O)OCC.CCOC(=O)CC(NC1CCC(CC2CCC(N)CC2)CC1)C(=O)OCC.CCOC(=O)CC(NC1CCC(CC2CCC(NC(CC(=O)COC)C(=O)COC)CC2)CC1)C(=O)OCC.NC1CCC(CC2CCC(N)CC2)CC1. The Morgan fingerprint density at radius 2 is 0.624 bits per heavy atom. The van der Waals surface area contributed by atoms with Crippen LogP contribution in [0.4, 0.5) is 0 Å². The monoisotopic (exact) mass is 1320 g/mol. The van der Waals surface area contributed by atoms with E-state index in [1.54, 1.807) is 41.5 Å². The van der Waals surface area contributed by atoms with Gasteiger partial charge in [0.1, 0.15) is 25.3 Å². The van der Waals surface area contributed by atoms with Gasteiger partial charge in [0.2, 0.25) is 0 Å². The molecule has 0 radical (unpaired) electrons. The van der Waals surface area contributed by atoms with Gasteiger partial charge < -0.3 is 71.0 Å². The van der Waals surface area contributed by atoms with E-state index in [1.165, 1.54) is 123 Å².